The zero-order valence-electron chi connectivity index (χ0n) is 12.7. The Bertz CT molecular complexity index is 312. The number of hydrogen-bond acceptors (Lipinski definition) is 2. The van der Waals surface area contributed by atoms with Crippen LogP contribution in [0.3, 0.4) is 0 Å². The van der Waals surface area contributed by atoms with Gasteiger partial charge in [0.15, 0.2) is 0 Å². The molecule has 2 amide bonds. The summed E-state index contributed by atoms with van der Waals surface area (Å²) in [5, 5.41) is 11.6. The Kier molecular flexibility index (Phi) is 7.41. The molecule has 0 aliphatic heterocycles. The molecule has 116 valence electrons. The summed E-state index contributed by atoms with van der Waals surface area (Å²) in [6, 6.07) is -0.128. The molecule has 0 radical (unpaired) electrons. The van der Waals surface area contributed by atoms with Crippen molar-refractivity contribution in [2.24, 2.45) is 5.92 Å². The van der Waals surface area contributed by atoms with E-state index >= 15 is 0 Å². The fraction of sp³-hybridized carbons (Fsp3) is 0.867. The second kappa shape index (κ2) is 8.82. The summed E-state index contributed by atoms with van der Waals surface area (Å²) in [6.45, 7) is 4.76. The number of nitrogens with zero attached hydrogens (tertiary/aromatic N) is 1. The van der Waals surface area contributed by atoms with Crippen LogP contribution in [0.4, 0.5) is 4.79 Å². The number of carboxylic acids is 1. The van der Waals surface area contributed by atoms with Crippen molar-refractivity contribution in [1.29, 1.82) is 0 Å². The number of rotatable bonds is 8. The molecule has 0 atom stereocenters. The SMILES string of the molecule is CC(C)N(CCC(=O)O)C(=O)NCCCC1CCCC1. The van der Waals surface area contributed by atoms with Crippen molar-refractivity contribution in [2.45, 2.75) is 64.8 Å². The fourth-order valence-corrected chi connectivity index (χ4v) is 2.80. The number of hydrogen-bond donors (Lipinski definition) is 2. The first kappa shape index (κ1) is 16.8. The van der Waals surface area contributed by atoms with Crippen molar-refractivity contribution in [3.63, 3.8) is 0 Å². The van der Waals surface area contributed by atoms with E-state index < -0.39 is 5.97 Å². The minimum absolute atomic E-state index is 0.00628. The van der Waals surface area contributed by atoms with Crippen LogP contribution in [0.15, 0.2) is 0 Å². The maximum atomic E-state index is 12.0. The number of carboxylic acid groups (broad SMARTS) is 1. The predicted octanol–water partition coefficient (Wildman–Crippen LogP) is 2.85. The van der Waals surface area contributed by atoms with Gasteiger partial charge in [0.2, 0.25) is 0 Å². The summed E-state index contributed by atoms with van der Waals surface area (Å²) in [5.41, 5.74) is 0. The van der Waals surface area contributed by atoms with Crippen LogP contribution in [0.2, 0.25) is 0 Å². The third-order valence-electron chi connectivity index (χ3n) is 3.99. The average Bonchev–Trinajstić information content (AvgIpc) is 2.87. The highest BCUT2D eigenvalue weighted by Crippen LogP contribution is 2.28. The molecule has 2 N–H and O–H groups in total. The highest BCUT2D eigenvalue weighted by molar-refractivity contribution is 5.75. The van der Waals surface area contributed by atoms with E-state index in [0.29, 0.717) is 6.54 Å². The first-order chi connectivity index (χ1) is 9.50. The van der Waals surface area contributed by atoms with Gasteiger partial charge in [0.1, 0.15) is 0 Å². The monoisotopic (exact) mass is 284 g/mol. The van der Waals surface area contributed by atoms with E-state index in [1.54, 1.807) is 4.90 Å². The molecule has 0 aromatic rings. The van der Waals surface area contributed by atoms with Crippen LogP contribution in [0.1, 0.15) is 58.8 Å². The molecular weight excluding hydrogens is 256 g/mol. The molecule has 5 heteroatoms. The Morgan fingerprint density at radius 2 is 1.95 bits per heavy atom. The van der Waals surface area contributed by atoms with E-state index in [1.807, 2.05) is 13.8 Å². The van der Waals surface area contributed by atoms with E-state index in [0.717, 1.165) is 12.3 Å². The predicted molar refractivity (Wildman–Crippen MR) is 78.7 cm³/mol. The summed E-state index contributed by atoms with van der Waals surface area (Å²) >= 11 is 0. The summed E-state index contributed by atoms with van der Waals surface area (Å²) in [6.07, 6.45) is 7.59. The summed E-state index contributed by atoms with van der Waals surface area (Å²) < 4.78 is 0. The van der Waals surface area contributed by atoms with Gasteiger partial charge in [0.05, 0.1) is 6.42 Å². The highest BCUT2D eigenvalue weighted by Gasteiger charge is 2.18. The van der Waals surface area contributed by atoms with Crippen molar-refractivity contribution >= 4 is 12.0 Å². The molecule has 0 saturated heterocycles. The molecule has 1 fully saturated rings. The molecule has 5 nitrogen and oxygen atoms in total. The zero-order valence-corrected chi connectivity index (χ0v) is 12.7. The third kappa shape index (κ3) is 6.26. The minimum Gasteiger partial charge on any atom is -0.481 e. The number of urea groups is 1. The molecule has 0 spiro atoms. The van der Waals surface area contributed by atoms with Gasteiger partial charge in [-0.25, -0.2) is 4.79 Å². The number of carbonyl (C=O) groups is 2. The third-order valence-corrected chi connectivity index (χ3v) is 3.99. The van der Waals surface area contributed by atoms with Gasteiger partial charge in [-0.15, -0.1) is 0 Å². The standard InChI is InChI=1S/C15H28N2O3/c1-12(2)17(11-9-14(18)19)15(20)16-10-5-8-13-6-3-4-7-13/h12-13H,3-11H2,1-2H3,(H,16,20)(H,18,19). The smallest absolute Gasteiger partial charge is 0.317 e. The fourth-order valence-electron chi connectivity index (χ4n) is 2.80. The minimum atomic E-state index is -0.871. The van der Waals surface area contributed by atoms with E-state index in [4.69, 9.17) is 5.11 Å². The lowest BCUT2D eigenvalue weighted by Gasteiger charge is -2.26. The van der Waals surface area contributed by atoms with E-state index in [-0.39, 0.29) is 25.0 Å². The maximum absolute atomic E-state index is 12.0. The van der Waals surface area contributed by atoms with Gasteiger partial charge in [0.25, 0.3) is 0 Å². The van der Waals surface area contributed by atoms with Crippen molar-refractivity contribution in [1.82, 2.24) is 10.2 Å². The van der Waals surface area contributed by atoms with Crippen molar-refractivity contribution in [3.05, 3.63) is 0 Å². The second-order valence-corrected chi connectivity index (χ2v) is 5.96. The molecule has 0 unspecified atom stereocenters. The Morgan fingerprint density at radius 1 is 1.30 bits per heavy atom. The Balaban J connectivity index is 2.21. The summed E-state index contributed by atoms with van der Waals surface area (Å²) in [5.74, 6) is -0.0233. The number of carbonyl (C=O) groups excluding carboxylic acids is 1. The lowest BCUT2D eigenvalue weighted by Crippen LogP contribution is -2.45. The molecule has 1 aliphatic carbocycles. The normalized spacial score (nSPS) is 15.6. The van der Waals surface area contributed by atoms with Gasteiger partial charge in [-0.1, -0.05) is 25.7 Å². The Morgan fingerprint density at radius 3 is 2.50 bits per heavy atom. The van der Waals surface area contributed by atoms with Crippen LogP contribution >= 0.6 is 0 Å². The van der Waals surface area contributed by atoms with Gasteiger partial charge < -0.3 is 15.3 Å². The van der Waals surface area contributed by atoms with Crippen molar-refractivity contribution < 1.29 is 14.7 Å². The Hall–Kier alpha value is -1.26. The first-order valence-corrected chi connectivity index (χ1v) is 7.77. The quantitative estimate of drug-likeness (QED) is 0.673. The molecule has 0 aromatic carbocycles. The summed E-state index contributed by atoms with van der Waals surface area (Å²) in [7, 11) is 0. The van der Waals surface area contributed by atoms with Gasteiger partial charge in [-0.2, -0.15) is 0 Å². The topological polar surface area (TPSA) is 69.6 Å². The highest BCUT2D eigenvalue weighted by atomic mass is 16.4. The number of amides is 2. The van der Waals surface area contributed by atoms with Gasteiger partial charge >= 0.3 is 12.0 Å². The van der Waals surface area contributed by atoms with E-state index in [9.17, 15) is 9.59 Å². The summed E-state index contributed by atoms with van der Waals surface area (Å²) in [4.78, 5) is 24.2. The van der Waals surface area contributed by atoms with Gasteiger partial charge in [-0.3, -0.25) is 4.79 Å². The van der Waals surface area contributed by atoms with Crippen LogP contribution in [0, 0.1) is 5.92 Å². The molecule has 0 aromatic heterocycles. The van der Waals surface area contributed by atoms with E-state index in [1.165, 1.54) is 32.1 Å². The van der Waals surface area contributed by atoms with E-state index in [2.05, 4.69) is 5.32 Å². The van der Waals surface area contributed by atoms with Crippen LogP contribution < -0.4 is 5.32 Å². The van der Waals surface area contributed by atoms with Crippen LogP contribution in [-0.2, 0) is 4.79 Å². The van der Waals surface area contributed by atoms with Gasteiger partial charge in [0, 0.05) is 19.1 Å². The molecule has 1 rings (SSSR count). The lowest BCUT2D eigenvalue weighted by molar-refractivity contribution is -0.137. The molecule has 20 heavy (non-hydrogen) atoms. The number of aliphatic carboxylic acids is 1. The molecule has 1 aliphatic rings. The van der Waals surface area contributed by atoms with Crippen LogP contribution in [-0.4, -0.2) is 41.1 Å². The molecule has 0 bridgehead atoms. The van der Waals surface area contributed by atoms with Crippen LogP contribution in [0.25, 0.3) is 0 Å². The molecule has 1 saturated carbocycles. The largest absolute Gasteiger partial charge is 0.481 e. The van der Waals surface area contributed by atoms with Crippen LogP contribution in [0.5, 0.6) is 0 Å². The molecule has 0 heterocycles. The number of nitrogens with one attached hydrogen (secondary N) is 1. The van der Waals surface area contributed by atoms with Crippen molar-refractivity contribution in [3.8, 4) is 0 Å². The van der Waals surface area contributed by atoms with Crippen molar-refractivity contribution in [2.75, 3.05) is 13.1 Å². The maximum Gasteiger partial charge on any atom is 0.317 e. The first-order valence-electron chi connectivity index (χ1n) is 7.77. The Labute approximate surface area is 121 Å². The zero-order chi connectivity index (χ0) is 15.0. The average molecular weight is 284 g/mol. The lowest BCUT2D eigenvalue weighted by atomic mass is 10.0. The molecular formula is C15H28N2O3. The van der Waals surface area contributed by atoms with Gasteiger partial charge in [-0.05, 0) is 32.6 Å². The second-order valence-electron chi connectivity index (χ2n) is 5.96.